The van der Waals surface area contributed by atoms with Gasteiger partial charge in [-0.1, -0.05) is 79.7 Å². The SMILES string of the molecule is CCc1ccccc1N1CC(c2nc3ccccc3n2Cc2cccc3ccccc23)CC1=O. The zero-order chi connectivity index (χ0) is 23.1. The number of carbonyl (C=O) groups is 1. The van der Waals surface area contributed by atoms with Gasteiger partial charge < -0.3 is 9.47 Å². The van der Waals surface area contributed by atoms with Crippen molar-refractivity contribution >= 4 is 33.4 Å². The maximum atomic E-state index is 13.2. The fourth-order valence-electron chi connectivity index (χ4n) is 5.36. The lowest BCUT2D eigenvalue weighted by molar-refractivity contribution is -0.117. The Morgan fingerprint density at radius 3 is 2.50 bits per heavy atom. The van der Waals surface area contributed by atoms with E-state index in [4.69, 9.17) is 4.98 Å². The van der Waals surface area contributed by atoms with Crippen molar-refractivity contribution < 1.29 is 4.79 Å². The first-order valence-electron chi connectivity index (χ1n) is 12.0. The maximum absolute atomic E-state index is 13.2. The van der Waals surface area contributed by atoms with E-state index in [0.717, 1.165) is 35.5 Å². The van der Waals surface area contributed by atoms with Crippen molar-refractivity contribution in [1.82, 2.24) is 9.55 Å². The fraction of sp³-hybridized carbons (Fsp3) is 0.200. The Morgan fingerprint density at radius 2 is 1.59 bits per heavy atom. The van der Waals surface area contributed by atoms with Gasteiger partial charge >= 0.3 is 0 Å². The van der Waals surface area contributed by atoms with Crippen LogP contribution in [0.1, 0.15) is 36.2 Å². The number of hydrogen-bond donors (Lipinski definition) is 0. The number of carbonyl (C=O) groups excluding carboxylic acids is 1. The predicted molar refractivity (Wildman–Crippen MR) is 138 cm³/mol. The molecule has 1 aliphatic heterocycles. The topological polar surface area (TPSA) is 38.1 Å². The lowest BCUT2D eigenvalue weighted by atomic mass is 10.0. The lowest BCUT2D eigenvalue weighted by Gasteiger charge is -2.20. The van der Waals surface area contributed by atoms with Crippen molar-refractivity contribution in [3.8, 4) is 0 Å². The first-order valence-corrected chi connectivity index (χ1v) is 12.0. The van der Waals surface area contributed by atoms with Crippen LogP contribution in [0.3, 0.4) is 0 Å². The number of nitrogens with zero attached hydrogens (tertiary/aromatic N) is 3. The summed E-state index contributed by atoms with van der Waals surface area (Å²) in [6, 6.07) is 31.6. The molecule has 1 atom stereocenters. The zero-order valence-electron chi connectivity index (χ0n) is 19.3. The van der Waals surface area contributed by atoms with Crippen LogP contribution in [-0.4, -0.2) is 22.0 Å². The Morgan fingerprint density at radius 1 is 0.853 bits per heavy atom. The molecule has 0 N–H and O–H groups in total. The van der Waals surface area contributed by atoms with Crippen LogP contribution in [0.4, 0.5) is 5.69 Å². The van der Waals surface area contributed by atoms with Gasteiger partial charge in [-0.15, -0.1) is 0 Å². The van der Waals surface area contributed by atoms with Crippen LogP contribution in [0.2, 0.25) is 0 Å². The molecule has 4 nitrogen and oxygen atoms in total. The Kier molecular flexibility index (Phi) is 5.14. The molecule has 2 heterocycles. The van der Waals surface area contributed by atoms with Gasteiger partial charge in [-0.25, -0.2) is 4.98 Å². The highest BCUT2D eigenvalue weighted by atomic mass is 16.2. The summed E-state index contributed by atoms with van der Waals surface area (Å²) in [4.78, 5) is 20.2. The molecule has 1 aromatic heterocycles. The van der Waals surface area contributed by atoms with E-state index in [-0.39, 0.29) is 11.8 Å². The number of para-hydroxylation sites is 3. The molecule has 0 saturated carbocycles. The number of aryl methyl sites for hydroxylation is 1. The van der Waals surface area contributed by atoms with E-state index in [0.29, 0.717) is 13.0 Å². The molecule has 34 heavy (non-hydrogen) atoms. The predicted octanol–water partition coefficient (Wildman–Crippen LogP) is 6.32. The molecule has 1 amide bonds. The van der Waals surface area contributed by atoms with E-state index < -0.39 is 0 Å². The van der Waals surface area contributed by atoms with Crippen LogP contribution >= 0.6 is 0 Å². The fourth-order valence-corrected chi connectivity index (χ4v) is 5.36. The van der Waals surface area contributed by atoms with Gasteiger partial charge in [0.1, 0.15) is 5.82 Å². The first kappa shape index (κ1) is 20.7. The van der Waals surface area contributed by atoms with E-state index in [9.17, 15) is 4.79 Å². The quantitative estimate of drug-likeness (QED) is 0.317. The summed E-state index contributed by atoms with van der Waals surface area (Å²) in [7, 11) is 0. The van der Waals surface area contributed by atoms with Crippen LogP contribution in [-0.2, 0) is 17.8 Å². The van der Waals surface area contributed by atoms with Crippen LogP contribution < -0.4 is 4.90 Å². The monoisotopic (exact) mass is 445 g/mol. The molecule has 0 spiro atoms. The Balaban J connectivity index is 1.42. The van der Waals surface area contributed by atoms with Gasteiger partial charge in [0.05, 0.1) is 11.0 Å². The van der Waals surface area contributed by atoms with Crippen molar-refractivity contribution in [1.29, 1.82) is 0 Å². The molecular formula is C30H27N3O. The van der Waals surface area contributed by atoms with Gasteiger partial charge in [0.2, 0.25) is 5.91 Å². The lowest BCUT2D eigenvalue weighted by Crippen LogP contribution is -2.25. The number of anilines is 1. The highest BCUT2D eigenvalue weighted by Gasteiger charge is 2.35. The number of fused-ring (bicyclic) bond motifs is 2. The molecule has 1 unspecified atom stereocenters. The van der Waals surface area contributed by atoms with Gasteiger partial charge in [-0.3, -0.25) is 4.79 Å². The second-order valence-corrected chi connectivity index (χ2v) is 9.07. The first-order chi connectivity index (χ1) is 16.7. The average Bonchev–Trinajstić information content (AvgIpc) is 3.44. The van der Waals surface area contributed by atoms with Gasteiger partial charge in [0, 0.05) is 31.1 Å². The third kappa shape index (κ3) is 3.47. The van der Waals surface area contributed by atoms with E-state index in [1.165, 1.54) is 21.9 Å². The van der Waals surface area contributed by atoms with E-state index in [1.807, 2.05) is 23.1 Å². The number of benzene rings is 4. The summed E-state index contributed by atoms with van der Waals surface area (Å²) in [6.45, 7) is 3.53. The highest BCUT2D eigenvalue weighted by molar-refractivity contribution is 5.97. The largest absolute Gasteiger partial charge is 0.323 e. The minimum absolute atomic E-state index is 0.0554. The summed E-state index contributed by atoms with van der Waals surface area (Å²) >= 11 is 0. The molecular weight excluding hydrogens is 418 g/mol. The smallest absolute Gasteiger partial charge is 0.227 e. The summed E-state index contributed by atoms with van der Waals surface area (Å²) in [6.07, 6.45) is 1.39. The van der Waals surface area contributed by atoms with Crippen LogP contribution in [0.5, 0.6) is 0 Å². The van der Waals surface area contributed by atoms with Crippen LogP contribution in [0, 0.1) is 0 Å². The second-order valence-electron chi connectivity index (χ2n) is 9.07. The Bertz CT molecular complexity index is 1510. The minimum Gasteiger partial charge on any atom is -0.323 e. The molecule has 1 saturated heterocycles. The number of hydrogen-bond acceptors (Lipinski definition) is 2. The maximum Gasteiger partial charge on any atom is 0.227 e. The van der Waals surface area contributed by atoms with Crippen LogP contribution in [0.25, 0.3) is 21.8 Å². The molecule has 4 heteroatoms. The molecule has 0 aliphatic carbocycles. The van der Waals surface area contributed by atoms with E-state index >= 15 is 0 Å². The molecule has 168 valence electrons. The number of amides is 1. The summed E-state index contributed by atoms with van der Waals surface area (Å²) in [5, 5.41) is 2.50. The summed E-state index contributed by atoms with van der Waals surface area (Å²) in [5.74, 6) is 1.23. The molecule has 0 radical (unpaired) electrons. The van der Waals surface area contributed by atoms with Gasteiger partial charge in [-0.05, 0) is 46.5 Å². The number of rotatable bonds is 5. The van der Waals surface area contributed by atoms with Crippen molar-refractivity contribution in [3.63, 3.8) is 0 Å². The Hall–Kier alpha value is -3.92. The molecule has 0 bridgehead atoms. The van der Waals surface area contributed by atoms with E-state index in [1.54, 1.807) is 0 Å². The third-order valence-electron chi connectivity index (χ3n) is 7.05. The molecule has 5 aromatic rings. The van der Waals surface area contributed by atoms with Gasteiger partial charge in [0.15, 0.2) is 0 Å². The summed E-state index contributed by atoms with van der Waals surface area (Å²) < 4.78 is 2.32. The van der Waals surface area contributed by atoms with Crippen molar-refractivity contribution in [2.45, 2.75) is 32.2 Å². The molecule has 6 rings (SSSR count). The number of imidazole rings is 1. The molecule has 1 fully saturated rings. The summed E-state index contributed by atoms with van der Waals surface area (Å²) in [5.41, 5.74) is 5.61. The van der Waals surface area contributed by atoms with Crippen molar-refractivity contribution in [2.24, 2.45) is 0 Å². The van der Waals surface area contributed by atoms with E-state index in [2.05, 4.69) is 84.3 Å². The van der Waals surface area contributed by atoms with Crippen molar-refractivity contribution in [2.75, 3.05) is 11.4 Å². The highest BCUT2D eigenvalue weighted by Crippen LogP contribution is 2.35. The van der Waals surface area contributed by atoms with Gasteiger partial charge in [-0.2, -0.15) is 0 Å². The number of aromatic nitrogens is 2. The minimum atomic E-state index is 0.0554. The zero-order valence-corrected chi connectivity index (χ0v) is 19.3. The average molecular weight is 446 g/mol. The Labute approximate surface area is 199 Å². The molecule has 4 aromatic carbocycles. The van der Waals surface area contributed by atoms with Gasteiger partial charge in [0.25, 0.3) is 0 Å². The van der Waals surface area contributed by atoms with Crippen LogP contribution in [0.15, 0.2) is 91.0 Å². The second kappa shape index (κ2) is 8.45. The van der Waals surface area contributed by atoms with Crippen molar-refractivity contribution in [3.05, 3.63) is 108 Å². The standard InChI is InChI=1S/C30H27N3O/c1-2-21-10-4-7-16-27(21)32-20-24(18-29(32)34)30-31-26-15-6-8-17-28(26)33(30)19-23-13-9-12-22-11-3-5-14-25(22)23/h3-17,24H,2,18-20H2,1H3. The normalized spacial score (nSPS) is 16.1. The third-order valence-corrected chi connectivity index (χ3v) is 7.05. The molecule has 1 aliphatic rings.